The first-order valence-electron chi connectivity index (χ1n) is 8.87. The lowest BCUT2D eigenvalue weighted by Crippen LogP contribution is -2.35. The van der Waals surface area contributed by atoms with E-state index in [2.05, 4.69) is 31.7 Å². The maximum atomic E-state index is 6.10. The summed E-state index contributed by atoms with van der Waals surface area (Å²) in [7, 11) is 0. The number of aromatic nitrogens is 2. The first-order valence-corrected chi connectivity index (χ1v) is 9.81. The Morgan fingerprint density at radius 3 is 2.77 bits per heavy atom. The lowest BCUT2D eigenvalue weighted by Gasteiger charge is -2.31. The average molecular weight is 369 g/mol. The Labute approximate surface area is 156 Å². The molecule has 1 aliphatic rings. The number of anilines is 2. The Morgan fingerprint density at radius 1 is 1.15 bits per heavy atom. The highest BCUT2D eigenvalue weighted by Crippen LogP contribution is 2.30. The van der Waals surface area contributed by atoms with E-state index in [1.54, 1.807) is 11.3 Å². The number of fused-ring (bicyclic) bond motifs is 1. The number of rotatable bonds is 5. The van der Waals surface area contributed by atoms with E-state index in [4.69, 9.17) is 16.2 Å². The molecule has 7 heteroatoms. The number of hydrogen-bond acceptors (Lipinski definition) is 7. The summed E-state index contributed by atoms with van der Waals surface area (Å²) >= 11 is 1.76. The van der Waals surface area contributed by atoms with Gasteiger partial charge >= 0.3 is 0 Å². The highest BCUT2D eigenvalue weighted by Gasteiger charge is 2.20. The third-order valence-corrected chi connectivity index (χ3v) is 5.63. The van der Waals surface area contributed by atoms with E-state index in [9.17, 15) is 0 Å². The van der Waals surface area contributed by atoms with Crippen molar-refractivity contribution in [2.75, 3.05) is 31.2 Å². The molecular formula is C19H23N5OS. The number of benzene rings is 1. The molecule has 0 aliphatic carbocycles. The van der Waals surface area contributed by atoms with Gasteiger partial charge in [-0.15, -0.1) is 0 Å². The van der Waals surface area contributed by atoms with E-state index >= 15 is 0 Å². The Bertz CT molecular complexity index is 875. The average Bonchev–Trinajstić information content (AvgIpc) is 3.13. The fraction of sp³-hybridized carbons (Fsp3) is 0.368. The van der Waals surface area contributed by atoms with Crippen molar-refractivity contribution in [1.82, 2.24) is 14.9 Å². The minimum absolute atomic E-state index is 0.185. The highest BCUT2D eigenvalue weighted by molar-refractivity contribution is 7.07. The van der Waals surface area contributed by atoms with Crippen LogP contribution in [0.4, 0.5) is 11.8 Å². The molecule has 1 aliphatic heterocycles. The number of thiophene rings is 1. The van der Waals surface area contributed by atoms with Crippen molar-refractivity contribution < 1.29 is 4.74 Å². The van der Waals surface area contributed by atoms with Gasteiger partial charge in [-0.2, -0.15) is 16.3 Å². The fourth-order valence-electron chi connectivity index (χ4n) is 3.48. The van der Waals surface area contributed by atoms with Crippen LogP contribution >= 0.6 is 11.3 Å². The number of ether oxygens (including phenoxy) is 1. The van der Waals surface area contributed by atoms with Crippen molar-refractivity contribution in [2.45, 2.75) is 19.4 Å². The van der Waals surface area contributed by atoms with Crippen LogP contribution in [0.5, 0.6) is 5.75 Å². The summed E-state index contributed by atoms with van der Waals surface area (Å²) in [5, 5.41) is 5.12. The largest absolute Gasteiger partial charge is 0.492 e. The van der Waals surface area contributed by atoms with Gasteiger partial charge in [0.1, 0.15) is 11.6 Å². The second-order valence-electron chi connectivity index (χ2n) is 6.78. The van der Waals surface area contributed by atoms with Crippen LogP contribution in [0, 0.1) is 5.92 Å². The second-order valence-corrected chi connectivity index (χ2v) is 7.56. The van der Waals surface area contributed by atoms with E-state index in [1.165, 1.54) is 5.56 Å². The Balaban J connectivity index is 1.36. The zero-order valence-electron chi connectivity index (χ0n) is 14.6. The van der Waals surface area contributed by atoms with Gasteiger partial charge in [0.25, 0.3) is 0 Å². The summed E-state index contributed by atoms with van der Waals surface area (Å²) in [6, 6.07) is 7.91. The van der Waals surface area contributed by atoms with Crippen LogP contribution in [-0.2, 0) is 6.54 Å². The number of nitrogens with two attached hydrogens (primary N) is 2. The monoisotopic (exact) mass is 369 g/mol. The Morgan fingerprint density at radius 2 is 2.00 bits per heavy atom. The third-order valence-electron chi connectivity index (χ3n) is 4.90. The van der Waals surface area contributed by atoms with Gasteiger partial charge in [0.05, 0.1) is 17.5 Å². The first kappa shape index (κ1) is 17.1. The fourth-order valence-corrected chi connectivity index (χ4v) is 4.14. The third kappa shape index (κ3) is 3.73. The number of piperidine rings is 1. The van der Waals surface area contributed by atoms with Gasteiger partial charge in [-0.3, -0.25) is 4.90 Å². The van der Waals surface area contributed by atoms with Gasteiger partial charge in [0, 0.05) is 6.54 Å². The van der Waals surface area contributed by atoms with Gasteiger partial charge in [-0.05, 0) is 66.4 Å². The molecule has 4 N–H and O–H groups in total. The molecule has 3 aromatic rings. The summed E-state index contributed by atoms with van der Waals surface area (Å²) in [6.07, 6.45) is 2.29. The van der Waals surface area contributed by atoms with E-state index in [0.717, 1.165) is 49.1 Å². The molecule has 0 atom stereocenters. The Hall–Kier alpha value is -2.38. The van der Waals surface area contributed by atoms with Crippen LogP contribution in [0.15, 0.2) is 35.0 Å². The summed E-state index contributed by atoms with van der Waals surface area (Å²) < 4.78 is 6.10. The molecule has 2 aromatic heterocycles. The molecule has 136 valence electrons. The van der Waals surface area contributed by atoms with Crippen molar-refractivity contribution in [3.8, 4) is 5.75 Å². The predicted octanol–water partition coefficient (Wildman–Crippen LogP) is 3.15. The van der Waals surface area contributed by atoms with Crippen LogP contribution in [0.1, 0.15) is 18.4 Å². The maximum absolute atomic E-state index is 6.10. The van der Waals surface area contributed by atoms with E-state index in [-0.39, 0.29) is 5.95 Å². The molecule has 1 aromatic carbocycles. The lowest BCUT2D eigenvalue weighted by molar-refractivity contribution is 0.137. The zero-order valence-corrected chi connectivity index (χ0v) is 15.4. The number of hydrogen-bond donors (Lipinski definition) is 2. The topological polar surface area (TPSA) is 90.3 Å². The van der Waals surface area contributed by atoms with Crippen LogP contribution < -0.4 is 16.2 Å². The normalized spacial score (nSPS) is 16.2. The van der Waals surface area contributed by atoms with Gasteiger partial charge < -0.3 is 16.2 Å². The van der Waals surface area contributed by atoms with E-state index < -0.39 is 0 Å². The molecule has 6 nitrogen and oxygen atoms in total. The SMILES string of the molecule is Nc1nc(N)c2c(OCC3CCN(Cc4ccsc4)CC3)cccc2n1. The quantitative estimate of drug-likeness (QED) is 0.718. The first-order chi connectivity index (χ1) is 12.7. The molecule has 3 heterocycles. The standard InChI is InChI=1S/C19H23N5OS/c20-18-17-15(22-19(21)23-18)2-1-3-16(17)25-11-13-4-7-24(8-5-13)10-14-6-9-26-12-14/h1-3,6,9,12-13H,4-5,7-8,10-11H2,(H4,20,21,22,23). The molecule has 0 amide bonds. The maximum Gasteiger partial charge on any atom is 0.222 e. The molecule has 0 spiro atoms. The molecule has 4 rings (SSSR count). The van der Waals surface area contributed by atoms with Crippen molar-refractivity contribution in [3.63, 3.8) is 0 Å². The molecule has 1 saturated heterocycles. The van der Waals surface area contributed by atoms with Gasteiger partial charge in [0.15, 0.2) is 0 Å². The zero-order chi connectivity index (χ0) is 17.9. The number of likely N-dealkylation sites (tertiary alicyclic amines) is 1. The summed E-state index contributed by atoms with van der Waals surface area (Å²) in [4.78, 5) is 10.8. The highest BCUT2D eigenvalue weighted by atomic mass is 32.1. The lowest BCUT2D eigenvalue weighted by atomic mass is 9.97. The van der Waals surface area contributed by atoms with Gasteiger partial charge in [-0.1, -0.05) is 6.07 Å². The number of nitrogen functional groups attached to an aromatic ring is 2. The van der Waals surface area contributed by atoms with Crippen LogP contribution in [0.2, 0.25) is 0 Å². The minimum atomic E-state index is 0.185. The molecule has 1 fully saturated rings. The van der Waals surface area contributed by atoms with E-state index in [0.29, 0.717) is 18.3 Å². The summed E-state index contributed by atoms with van der Waals surface area (Å²) in [5.41, 5.74) is 13.8. The minimum Gasteiger partial charge on any atom is -0.492 e. The van der Waals surface area contributed by atoms with Crippen LogP contribution in [0.3, 0.4) is 0 Å². The van der Waals surface area contributed by atoms with Crippen molar-refractivity contribution in [3.05, 3.63) is 40.6 Å². The second kappa shape index (κ2) is 7.47. The molecule has 0 bridgehead atoms. The van der Waals surface area contributed by atoms with Crippen LogP contribution in [-0.4, -0.2) is 34.6 Å². The molecule has 0 unspecified atom stereocenters. The molecule has 0 saturated carbocycles. The Kier molecular flexibility index (Phi) is 4.90. The van der Waals surface area contributed by atoms with Crippen molar-refractivity contribution in [1.29, 1.82) is 0 Å². The summed E-state index contributed by atoms with van der Waals surface area (Å²) in [5.74, 6) is 1.85. The molecule has 26 heavy (non-hydrogen) atoms. The van der Waals surface area contributed by atoms with Crippen molar-refractivity contribution in [2.24, 2.45) is 5.92 Å². The van der Waals surface area contributed by atoms with Gasteiger partial charge in [-0.25, -0.2) is 4.98 Å². The number of nitrogens with zero attached hydrogens (tertiary/aromatic N) is 3. The van der Waals surface area contributed by atoms with E-state index in [1.807, 2.05) is 18.2 Å². The molecule has 0 radical (unpaired) electrons. The summed E-state index contributed by atoms with van der Waals surface area (Å²) in [6.45, 7) is 3.97. The molecular weight excluding hydrogens is 346 g/mol. The van der Waals surface area contributed by atoms with Crippen molar-refractivity contribution >= 4 is 34.0 Å². The van der Waals surface area contributed by atoms with Gasteiger partial charge in [0.2, 0.25) is 5.95 Å². The predicted molar refractivity (Wildman–Crippen MR) is 106 cm³/mol. The van der Waals surface area contributed by atoms with Crippen LogP contribution in [0.25, 0.3) is 10.9 Å². The smallest absolute Gasteiger partial charge is 0.222 e.